The van der Waals surface area contributed by atoms with E-state index in [1.807, 2.05) is 0 Å². The van der Waals surface area contributed by atoms with Gasteiger partial charge in [0, 0.05) is 10.8 Å². The third kappa shape index (κ3) is 4.71. The Kier molecular flexibility index (Phi) is 7.76. The highest BCUT2D eigenvalue weighted by molar-refractivity contribution is 7.81. The van der Waals surface area contributed by atoms with E-state index in [1.54, 1.807) is 0 Å². The Bertz CT molecular complexity index is 1320. The van der Waals surface area contributed by atoms with Gasteiger partial charge in [-0.3, -0.25) is 0 Å². The van der Waals surface area contributed by atoms with Crippen LogP contribution in [0.4, 0.5) is 0 Å². The smallest absolute Gasteiger partial charge is 0.378 e. The normalized spacial score (nSPS) is 59.1. The minimum atomic E-state index is -4.03. The molecule has 6 nitrogen and oxygen atoms in total. The second kappa shape index (κ2) is 11.4. The number of ether oxygens (including phenoxy) is 2. The van der Waals surface area contributed by atoms with Crippen molar-refractivity contribution in [3.05, 3.63) is 0 Å². The average Bonchev–Trinajstić information content (AvgIpc) is 3.81. The molecule has 18 unspecified atom stereocenters. The van der Waals surface area contributed by atoms with Crippen LogP contribution in [0.5, 0.6) is 0 Å². The van der Waals surface area contributed by atoms with Crippen LogP contribution in [0.15, 0.2) is 0 Å². The van der Waals surface area contributed by atoms with Crippen molar-refractivity contribution in [3.8, 4) is 0 Å². The van der Waals surface area contributed by atoms with E-state index in [-0.39, 0.29) is 12.2 Å². The Morgan fingerprint density at radius 2 is 0.939 bits per heavy atom. The molecular formula is C42H66O6S. The van der Waals surface area contributed by atoms with Crippen molar-refractivity contribution in [2.45, 2.75) is 168 Å². The zero-order chi connectivity index (χ0) is 33.6. The Morgan fingerprint density at radius 3 is 1.39 bits per heavy atom. The lowest BCUT2D eigenvalue weighted by atomic mass is 9.44. The van der Waals surface area contributed by atoms with Gasteiger partial charge in [-0.05, 0) is 199 Å². The summed E-state index contributed by atoms with van der Waals surface area (Å²) in [5.74, 6) is 7.55. The molecule has 2 saturated heterocycles. The van der Waals surface area contributed by atoms with Gasteiger partial charge in [0.15, 0.2) is 0 Å². The summed E-state index contributed by atoms with van der Waals surface area (Å²) in [5.41, 5.74) is 1.53. The molecule has 276 valence electrons. The summed E-state index contributed by atoms with van der Waals surface area (Å²) in [6.07, 6.45) is 22.0. The lowest BCUT2D eigenvalue weighted by Crippen LogP contribution is -2.55. The van der Waals surface area contributed by atoms with E-state index < -0.39 is 10.4 Å². The third-order valence-corrected chi connectivity index (χ3v) is 20.7. The quantitative estimate of drug-likeness (QED) is 0.292. The molecule has 2 heterocycles. The fourth-order valence-corrected chi connectivity index (χ4v) is 18.5. The van der Waals surface area contributed by atoms with Crippen molar-refractivity contribution < 1.29 is 26.3 Å². The first kappa shape index (κ1) is 33.4. The van der Waals surface area contributed by atoms with Gasteiger partial charge in [-0.1, -0.05) is 13.8 Å². The summed E-state index contributed by atoms with van der Waals surface area (Å²) in [6, 6.07) is 0. The second-order valence-corrected chi connectivity index (χ2v) is 21.9. The van der Waals surface area contributed by atoms with Crippen LogP contribution in [0.2, 0.25) is 0 Å². The summed E-state index contributed by atoms with van der Waals surface area (Å²) in [4.78, 5) is 0. The molecular weight excluding hydrogens is 633 g/mol. The van der Waals surface area contributed by atoms with Crippen LogP contribution in [0.1, 0.15) is 143 Å². The van der Waals surface area contributed by atoms with E-state index >= 15 is 0 Å². The van der Waals surface area contributed by atoms with Crippen LogP contribution in [-0.4, -0.2) is 46.0 Å². The van der Waals surface area contributed by atoms with Crippen LogP contribution in [0.25, 0.3) is 0 Å². The predicted molar refractivity (Wildman–Crippen MR) is 189 cm³/mol. The van der Waals surface area contributed by atoms with Gasteiger partial charge in [-0.25, -0.2) is 8.37 Å². The molecule has 2 aliphatic heterocycles. The van der Waals surface area contributed by atoms with Crippen molar-refractivity contribution >= 4 is 10.4 Å². The maximum Gasteiger partial charge on any atom is 0.400 e. The molecule has 49 heavy (non-hydrogen) atoms. The minimum Gasteiger partial charge on any atom is -0.378 e. The van der Waals surface area contributed by atoms with Crippen molar-refractivity contribution in [1.29, 1.82) is 0 Å². The van der Waals surface area contributed by atoms with Crippen LogP contribution >= 0.6 is 0 Å². The molecule has 0 bridgehead atoms. The van der Waals surface area contributed by atoms with Crippen molar-refractivity contribution in [2.24, 2.45) is 80.8 Å². The van der Waals surface area contributed by atoms with Crippen LogP contribution in [-0.2, 0) is 28.2 Å². The molecule has 0 aromatic heterocycles. The Morgan fingerprint density at radius 1 is 0.510 bits per heavy atom. The Labute approximate surface area is 297 Å². The molecule has 2 spiro atoms. The summed E-state index contributed by atoms with van der Waals surface area (Å²) in [7, 11) is -4.03. The molecule has 0 amide bonds. The molecule has 0 N–H and O–H groups in total. The highest BCUT2D eigenvalue weighted by Gasteiger charge is 2.66. The molecule has 10 aliphatic rings. The van der Waals surface area contributed by atoms with Gasteiger partial charge >= 0.3 is 10.4 Å². The zero-order valence-corrected chi connectivity index (χ0v) is 31.9. The number of fused-ring (bicyclic) bond motifs is 8. The van der Waals surface area contributed by atoms with E-state index in [4.69, 9.17) is 17.8 Å². The maximum absolute atomic E-state index is 13.5. The van der Waals surface area contributed by atoms with E-state index in [0.29, 0.717) is 45.7 Å². The average molecular weight is 699 g/mol. The van der Waals surface area contributed by atoms with E-state index in [0.717, 1.165) is 99.1 Å². The van der Waals surface area contributed by atoms with Gasteiger partial charge in [0.05, 0.1) is 37.6 Å². The summed E-state index contributed by atoms with van der Waals surface area (Å²) in [6.45, 7) is 11.8. The van der Waals surface area contributed by atoms with E-state index in [9.17, 15) is 8.42 Å². The first-order chi connectivity index (χ1) is 23.5. The largest absolute Gasteiger partial charge is 0.400 e. The van der Waals surface area contributed by atoms with E-state index in [1.165, 1.54) is 77.0 Å². The lowest BCUT2D eigenvalue weighted by molar-refractivity contribution is -0.130. The number of rotatable bonds is 4. The van der Waals surface area contributed by atoms with Crippen LogP contribution < -0.4 is 0 Å². The van der Waals surface area contributed by atoms with Gasteiger partial charge in [0.1, 0.15) is 0 Å². The standard InChI is InChI=1S/C42H66O6S/c1-25-33-9-11-37-31-7-5-27-21-29(13-17-39(27,3)35(31)15-19-41(33,37)23-45-25)47-49(43,44)48-30-14-18-40(4)28(22-30)6-8-32-36(40)16-20-42-24-46-26(2)34(42)10-12-38(32)42/h25-38H,5-24H2,1-4H3. The summed E-state index contributed by atoms with van der Waals surface area (Å²) >= 11 is 0. The fraction of sp³-hybridized carbons (Fsp3) is 1.00. The monoisotopic (exact) mass is 698 g/mol. The Balaban J connectivity index is 0.760. The molecule has 0 aromatic rings. The van der Waals surface area contributed by atoms with Gasteiger partial charge < -0.3 is 9.47 Å². The lowest BCUT2D eigenvalue weighted by Gasteiger charge is -2.61. The molecule has 8 saturated carbocycles. The molecule has 0 radical (unpaired) electrons. The zero-order valence-electron chi connectivity index (χ0n) is 31.1. The first-order valence-electron chi connectivity index (χ1n) is 21.3. The minimum absolute atomic E-state index is 0.231. The highest BCUT2D eigenvalue weighted by Crippen LogP contribution is 2.71. The molecule has 18 atom stereocenters. The molecule has 10 fully saturated rings. The second-order valence-electron chi connectivity index (χ2n) is 20.7. The molecule has 10 rings (SSSR count). The number of hydrogen-bond acceptors (Lipinski definition) is 6. The van der Waals surface area contributed by atoms with Crippen LogP contribution in [0, 0.1) is 80.8 Å². The van der Waals surface area contributed by atoms with Crippen molar-refractivity contribution in [1.82, 2.24) is 0 Å². The first-order valence-corrected chi connectivity index (χ1v) is 22.6. The molecule has 8 aliphatic carbocycles. The number of hydrogen-bond donors (Lipinski definition) is 0. The Hall–Kier alpha value is -0.210. The summed E-state index contributed by atoms with van der Waals surface area (Å²) < 4.78 is 51.7. The SMILES string of the molecule is CC1OCC23CCC4C(CCC5CC(OS(=O)(=O)OC6CCC7(C)C(CCC8C7CCC79COC(C)C7CCC89)C6)CCC54C)C2CCC13. The fourth-order valence-electron chi connectivity index (χ4n) is 17.5. The molecule has 7 heteroatoms. The highest BCUT2D eigenvalue weighted by atomic mass is 32.3. The van der Waals surface area contributed by atoms with Crippen LogP contribution in [0.3, 0.4) is 0 Å². The van der Waals surface area contributed by atoms with Gasteiger partial charge in [-0.15, -0.1) is 0 Å². The van der Waals surface area contributed by atoms with Gasteiger partial charge in [0.25, 0.3) is 0 Å². The van der Waals surface area contributed by atoms with Crippen molar-refractivity contribution in [3.63, 3.8) is 0 Å². The van der Waals surface area contributed by atoms with E-state index in [2.05, 4.69) is 27.7 Å². The third-order valence-electron chi connectivity index (χ3n) is 19.7. The topological polar surface area (TPSA) is 71.1 Å². The van der Waals surface area contributed by atoms with Gasteiger partial charge in [-0.2, -0.15) is 8.42 Å². The van der Waals surface area contributed by atoms with Crippen molar-refractivity contribution in [2.75, 3.05) is 13.2 Å². The molecule has 0 aromatic carbocycles. The predicted octanol–water partition coefficient (Wildman–Crippen LogP) is 9.12. The van der Waals surface area contributed by atoms with Gasteiger partial charge in [0.2, 0.25) is 0 Å². The maximum atomic E-state index is 13.5. The summed E-state index contributed by atoms with van der Waals surface area (Å²) in [5, 5.41) is 0.